The number of ether oxygens (including phenoxy) is 1. The summed E-state index contributed by atoms with van der Waals surface area (Å²) in [5.74, 6) is -1.93. The molecule has 0 unspecified atom stereocenters. The van der Waals surface area contributed by atoms with Crippen molar-refractivity contribution < 1.29 is 27.5 Å². The van der Waals surface area contributed by atoms with E-state index in [4.69, 9.17) is 16.3 Å². The molecule has 0 fully saturated rings. The molecule has 0 saturated heterocycles. The fourth-order valence-corrected chi connectivity index (χ4v) is 3.08. The first kappa shape index (κ1) is 22.4. The van der Waals surface area contributed by atoms with Gasteiger partial charge in [-0.05, 0) is 30.3 Å². The first-order valence-corrected chi connectivity index (χ1v) is 10.6. The molecule has 10 heteroatoms. The third-order valence-electron chi connectivity index (χ3n) is 3.78. The molecule has 0 heterocycles. The number of rotatable bonds is 7. The van der Waals surface area contributed by atoms with Crippen LogP contribution in [0.15, 0.2) is 53.4 Å². The maximum Gasteiger partial charge on any atom is 0.338 e. The van der Waals surface area contributed by atoms with Crippen molar-refractivity contribution in [3.63, 3.8) is 0 Å². The zero-order valence-electron chi connectivity index (χ0n) is 15.7. The summed E-state index contributed by atoms with van der Waals surface area (Å²) in [6.45, 7) is -0.872. The van der Waals surface area contributed by atoms with Crippen molar-refractivity contribution in [1.29, 1.82) is 0 Å². The standard InChI is InChI=1S/C19H19ClN2O6S/c1-22(11-17(23)21-16-9-4-3-8-15(16)20)18(24)12-28-19(25)13-6-5-7-14(10-13)29(2,26)27/h3-10H,11-12H2,1-2H3,(H,21,23). The van der Waals surface area contributed by atoms with E-state index >= 15 is 0 Å². The van der Waals surface area contributed by atoms with Crippen LogP contribution in [-0.2, 0) is 24.2 Å². The number of benzene rings is 2. The predicted molar refractivity (Wildman–Crippen MR) is 108 cm³/mol. The fourth-order valence-electron chi connectivity index (χ4n) is 2.23. The second-order valence-electron chi connectivity index (χ2n) is 6.15. The molecule has 0 spiro atoms. The van der Waals surface area contributed by atoms with E-state index in [1.54, 1.807) is 24.3 Å². The van der Waals surface area contributed by atoms with Gasteiger partial charge >= 0.3 is 5.97 Å². The van der Waals surface area contributed by atoms with Gasteiger partial charge in [-0.15, -0.1) is 0 Å². The number of esters is 1. The molecule has 8 nitrogen and oxygen atoms in total. The van der Waals surface area contributed by atoms with E-state index in [9.17, 15) is 22.8 Å². The average molecular weight is 439 g/mol. The lowest BCUT2D eigenvalue weighted by molar-refractivity contribution is -0.136. The van der Waals surface area contributed by atoms with Crippen LogP contribution in [0.5, 0.6) is 0 Å². The van der Waals surface area contributed by atoms with Gasteiger partial charge in [0.1, 0.15) is 0 Å². The number of carbonyl (C=O) groups is 3. The molecule has 0 aliphatic carbocycles. The summed E-state index contributed by atoms with van der Waals surface area (Å²) in [5, 5.41) is 2.94. The Morgan fingerprint density at radius 3 is 2.45 bits per heavy atom. The number of anilines is 1. The van der Waals surface area contributed by atoms with Gasteiger partial charge < -0.3 is 15.0 Å². The molecule has 0 aliphatic rings. The van der Waals surface area contributed by atoms with Crippen LogP contribution in [0, 0.1) is 0 Å². The Kier molecular flexibility index (Phi) is 7.35. The summed E-state index contributed by atoms with van der Waals surface area (Å²) >= 11 is 5.96. The minimum atomic E-state index is -3.48. The van der Waals surface area contributed by atoms with Crippen LogP contribution >= 0.6 is 11.6 Å². The molecule has 2 rings (SSSR count). The van der Waals surface area contributed by atoms with E-state index in [1.807, 2.05) is 0 Å². The normalized spacial score (nSPS) is 10.9. The van der Waals surface area contributed by atoms with E-state index in [1.165, 1.54) is 31.3 Å². The van der Waals surface area contributed by atoms with Crippen molar-refractivity contribution in [2.24, 2.45) is 0 Å². The Balaban J connectivity index is 1.89. The minimum absolute atomic E-state index is 0.000148. The van der Waals surface area contributed by atoms with Crippen LogP contribution < -0.4 is 5.32 Å². The topological polar surface area (TPSA) is 110 Å². The molecule has 0 aromatic heterocycles. The Morgan fingerprint density at radius 1 is 1.10 bits per heavy atom. The highest BCUT2D eigenvalue weighted by Gasteiger charge is 2.17. The third-order valence-corrected chi connectivity index (χ3v) is 5.22. The zero-order chi connectivity index (χ0) is 21.6. The van der Waals surface area contributed by atoms with Gasteiger partial charge in [-0.2, -0.15) is 0 Å². The number of sulfone groups is 1. The van der Waals surface area contributed by atoms with Crippen LogP contribution in [0.2, 0.25) is 5.02 Å². The van der Waals surface area contributed by atoms with Crippen LogP contribution in [0.3, 0.4) is 0 Å². The second kappa shape index (κ2) is 9.53. The van der Waals surface area contributed by atoms with Crippen molar-refractivity contribution >= 4 is 44.9 Å². The van der Waals surface area contributed by atoms with Crippen LogP contribution in [-0.4, -0.2) is 57.6 Å². The van der Waals surface area contributed by atoms with Crippen molar-refractivity contribution in [3.05, 3.63) is 59.1 Å². The molecule has 0 atom stereocenters. The Labute approximate surface area is 173 Å². The molecule has 154 valence electrons. The van der Waals surface area contributed by atoms with E-state index in [2.05, 4.69) is 5.32 Å². The predicted octanol–water partition coefficient (Wildman–Crippen LogP) is 2.00. The summed E-state index contributed by atoms with van der Waals surface area (Å²) in [6, 6.07) is 12.0. The summed E-state index contributed by atoms with van der Waals surface area (Å²) in [7, 11) is -2.10. The highest BCUT2D eigenvalue weighted by atomic mass is 35.5. The highest BCUT2D eigenvalue weighted by Crippen LogP contribution is 2.20. The second-order valence-corrected chi connectivity index (χ2v) is 8.58. The summed E-state index contributed by atoms with van der Waals surface area (Å²) < 4.78 is 28.0. The van der Waals surface area contributed by atoms with Crippen LogP contribution in [0.4, 0.5) is 5.69 Å². The summed E-state index contributed by atoms with van der Waals surface area (Å²) in [6.07, 6.45) is 1.02. The lowest BCUT2D eigenvalue weighted by atomic mass is 10.2. The van der Waals surface area contributed by atoms with Crippen molar-refractivity contribution in [2.75, 3.05) is 31.8 Å². The maximum absolute atomic E-state index is 12.1. The van der Waals surface area contributed by atoms with Gasteiger partial charge in [0.05, 0.1) is 27.7 Å². The number of nitrogens with one attached hydrogen (secondary N) is 1. The Morgan fingerprint density at radius 2 is 1.79 bits per heavy atom. The number of halogens is 1. The van der Waals surface area contributed by atoms with E-state index < -0.39 is 34.2 Å². The number of nitrogens with zero attached hydrogens (tertiary/aromatic N) is 1. The number of carbonyl (C=O) groups excluding carboxylic acids is 3. The number of likely N-dealkylation sites (N-methyl/N-ethyl adjacent to an activating group) is 1. The smallest absolute Gasteiger partial charge is 0.338 e. The largest absolute Gasteiger partial charge is 0.452 e. The SMILES string of the molecule is CN(CC(=O)Nc1ccccc1Cl)C(=O)COC(=O)c1cccc(S(C)(=O)=O)c1. The third kappa shape index (κ3) is 6.58. The number of hydrogen-bond acceptors (Lipinski definition) is 6. The van der Waals surface area contributed by atoms with Crippen LogP contribution in [0.1, 0.15) is 10.4 Å². The molecule has 1 N–H and O–H groups in total. The monoisotopic (exact) mass is 438 g/mol. The number of hydrogen-bond donors (Lipinski definition) is 1. The molecular weight excluding hydrogens is 420 g/mol. The van der Waals surface area contributed by atoms with Crippen molar-refractivity contribution in [3.8, 4) is 0 Å². The molecule has 0 radical (unpaired) electrons. The highest BCUT2D eigenvalue weighted by molar-refractivity contribution is 7.90. The Hall–Kier alpha value is -2.91. The quantitative estimate of drug-likeness (QED) is 0.662. The van der Waals surface area contributed by atoms with Gasteiger partial charge in [0.15, 0.2) is 16.4 Å². The van der Waals surface area contributed by atoms with E-state index in [0.717, 1.165) is 11.2 Å². The van der Waals surface area contributed by atoms with Gasteiger partial charge in [-0.1, -0.05) is 29.8 Å². The zero-order valence-corrected chi connectivity index (χ0v) is 17.3. The summed E-state index contributed by atoms with van der Waals surface area (Å²) in [4.78, 5) is 37.3. The van der Waals surface area contributed by atoms with Crippen LogP contribution in [0.25, 0.3) is 0 Å². The number of amides is 2. The van der Waals surface area contributed by atoms with Gasteiger partial charge in [0, 0.05) is 13.3 Å². The van der Waals surface area contributed by atoms with Gasteiger partial charge in [0.25, 0.3) is 5.91 Å². The molecule has 29 heavy (non-hydrogen) atoms. The maximum atomic E-state index is 12.1. The van der Waals surface area contributed by atoms with Gasteiger partial charge in [0.2, 0.25) is 5.91 Å². The number of para-hydroxylation sites is 1. The molecule has 2 amide bonds. The molecule has 0 aliphatic heterocycles. The van der Waals surface area contributed by atoms with Gasteiger partial charge in [-0.25, -0.2) is 13.2 Å². The van der Waals surface area contributed by atoms with Crippen molar-refractivity contribution in [2.45, 2.75) is 4.90 Å². The van der Waals surface area contributed by atoms with E-state index in [0.29, 0.717) is 10.7 Å². The van der Waals surface area contributed by atoms with Gasteiger partial charge in [-0.3, -0.25) is 9.59 Å². The fraction of sp³-hybridized carbons (Fsp3) is 0.211. The molecule has 0 saturated carbocycles. The Bertz CT molecular complexity index is 1040. The lowest BCUT2D eigenvalue weighted by Gasteiger charge is -2.17. The summed E-state index contributed by atoms with van der Waals surface area (Å²) in [5.41, 5.74) is 0.414. The van der Waals surface area contributed by atoms with E-state index in [-0.39, 0.29) is 17.0 Å². The first-order chi connectivity index (χ1) is 13.6. The average Bonchev–Trinajstić information content (AvgIpc) is 2.67. The lowest BCUT2D eigenvalue weighted by Crippen LogP contribution is -2.37. The molecule has 0 bridgehead atoms. The molecular formula is C19H19ClN2O6S. The van der Waals surface area contributed by atoms with Crippen molar-refractivity contribution in [1.82, 2.24) is 4.90 Å². The minimum Gasteiger partial charge on any atom is -0.452 e. The molecule has 2 aromatic rings. The molecule has 2 aromatic carbocycles. The first-order valence-electron chi connectivity index (χ1n) is 8.33.